The molecule has 3 nitrogen and oxygen atoms in total. The molecule has 0 aromatic heterocycles. The van der Waals surface area contributed by atoms with Gasteiger partial charge >= 0.3 is 0 Å². The van der Waals surface area contributed by atoms with E-state index in [0.29, 0.717) is 5.88 Å². The summed E-state index contributed by atoms with van der Waals surface area (Å²) in [6, 6.07) is 6.89. The van der Waals surface area contributed by atoms with E-state index in [4.69, 9.17) is 16.7 Å². The highest BCUT2D eigenvalue weighted by Gasteiger charge is 1.89. The Hall–Kier alpha value is -0.930. The topological polar surface area (TPSA) is 67.3 Å². The zero-order valence-electron chi connectivity index (χ0n) is 6.76. The maximum Gasteiger partial charge on any atom is 0.115 e. The molecular formula is C8H13ClN2O. The third-order valence-electron chi connectivity index (χ3n) is 1.29. The van der Waals surface area contributed by atoms with Crippen molar-refractivity contribution < 1.29 is 5.11 Å². The van der Waals surface area contributed by atoms with Gasteiger partial charge in [0, 0.05) is 18.1 Å². The Kier molecular flexibility index (Phi) is 5.25. The van der Waals surface area contributed by atoms with Gasteiger partial charge in [0.2, 0.25) is 0 Å². The summed E-state index contributed by atoms with van der Waals surface area (Å²) in [5.41, 5.74) is 0.975. The molecule has 1 aromatic rings. The normalized spacial score (nSPS) is 8.75. The first-order valence-corrected chi connectivity index (χ1v) is 3.95. The van der Waals surface area contributed by atoms with Crippen molar-refractivity contribution in [2.24, 2.45) is 0 Å². The first-order chi connectivity index (χ1) is 5.33. The Morgan fingerprint density at radius 3 is 2.33 bits per heavy atom. The number of benzene rings is 1. The largest absolute Gasteiger partial charge is 0.508 e. The number of hydrogen-bond donors (Lipinski definition) is 3. The number of alkyl halides is 1. The maximum atomic E-state index is 8.93. The predicted molar refractivity (Wildman–Crippen MR) is 52.3 cm³/mol. The van der Waals surface area contributed by atoms with E-state index >= 15 is 0 Å². The molecule has 0 radical (unpaired) electrons. The molecule has 0 unspecified atom stereocenters. The van der Waals surface area contributed by atoms with Gasteiger partial charge in [-0.25, -0.2) is 0 Å². The summed E-state index contributed by atoms with van der Waals surface area (Å²) in [6.45, 7) is 0.742. The van der Waals surface area contributed by atoms with Crippen LogP contribution in [0.3, 0.4) is 0 Å². The van der Waals surface area contributed by atoms with E-state index < -0.39 is 0 Å². The summed E-state index contributed by atoms with van der Waals surface area (Å²) in [5.74, 6) is 0.863. The van der Waals surface area contributed by atoms with Crippen LogP contribution in [-0.2, 0) is 0 Å². The second kappa shape index (κ2) is 5.69. The predicted octanol–water partition coefficient (Wildman–Crippen LogP) is 2.20. The van der Waals surface area contributed by atoms with Gasteiger partial charge in [0.1, 0.15) is 5.75 Å². The van der Waals surface area contributed by atoms with E-state index in [1.165, 1.54) is 0 Å². The monoisotopic (exact) mass is 188 g/mol. The van der Waals surface area contributed by atoms with Gasteiger partial charge in [-0.2, -0.15) is 0 Å². The minimum Gasteiger partial charge on any atom is -0.508 e. The lowest BCUT2D eigenvalue weighted by atomic mass is 10.3. The van der Waals surface area contributed by atoms with E-state index in [9.17, 15) is 0 Å². The quantitative estimate of drug-likeness (QED) is 0.503. The highest BCUT2D eigenvalue weighted by atomic mass is 35.5. The van der Waals surface area contributed by atoms with E-state index in [-0.39, 0.29) is 11.9 Å². The minimum absolute atomic E-state index is 0. The number of hydrogen-bond acceptors (Lipinski definition) is 3. The van der Waals surface area contributed by atoms with E-state index in [0.717, 1.165) is 12.2 Å². The Bertz CT molecular complexity index is 213. The standard InChI is InChI=1S/C8H10ClNO.H3N/c9-5-6-10-7-1-3-8(11)4-2-7;/h1-4,10-11H,5-6H2;1H3. The molecule has 1 rings (SSSR count). The molecule has 5 N–H and O–H groups in total. The Labute approximate surface area is 76.9 Å². The van der Waals surface area contributed by atoms with E-state index in [1.54, 1.807) is 12.1 Å². The van der Waals surface area contributed by atoms with Crippen molar-refractivity contribution in [2.75, 3.05) is 17.7 Å². The second-order valence-electron chi connectivity index (χ2n) is 2.16. The number of rotatable bonds is 3. The fourth-order valence-corrected chi connectivity index (χ4v) is 0.865. The van der Waals surface area contributed by atoms with Gasteiger partial charge in [0.15, 0.2) is 0 Å². The van der Waals surface area contributed by atoms with Crippen molar-refractivity contribution in [2.45, 2.75) is 0 Å². The summed E-state index contributed by atoms with van der Waals surface area (Å²) in [6.07, 6.45) is 0. The van der Waals surface area contributed by atoms with Crippen molar-refractivity contribution >= 4 is 17.3 Å². The fraction of sp³-hybridized carbons (Fsp3) is 0.250. The number of anilines is 1. The molecule has 0 saturated heterocycles. The summed E-state index contributed by atoms with van der Waals surface area (Å²) < 4.78 is 0. The second-order valence-corrected chi connectivity index (χ2v) is 2.54. The van der Waals surface area contributed by atoms with Crippen LogP contribution in [0.15, 0.2) is 24.3 Å². The molecule has 0 spiro atoms. The van der Waals surface area contributed by atoms with E-state index in [1.807, 2.05) is 12.1 Å². The molecule has 0 aliphatic heterocycles. The van der Waals surface area contributed by atoms with Crippen LogP contribution in [0, 0.1) is 0 Å². The van der Waals surface area contributed by atoms with Crippen molar-refractivity contribution in [3.05, 3.63) is 24.3 Å². The van der Waals surface area contributed by atoms with Crippen molar-refractivity contribution in [1.29, 1.82) is 0 Å². The number of nitrogens with one attached hydrogen (secondary N) is 1. The third-order valence-corrected chi connectivity index (χ3v) is 1.48. The van der Waals surface area contributed by atoms with Crippen molar-refractivity contribution in [1.82, 2.24) is 6.15 Å². The summed E-state index contributed by atoms with van der Waals surface area (Å²) in [4.78, 5) is 0. The zero-order valence-corrected chi connectivity index (χ0v) is 7.51. The lowest BCUT2D eigenvalue weighted by Gasteiger charge is -2.02. The molecule has 12 heavy (non-hydrogen) atoms. The minimum atomic E-state index is 0. The van der Waals surface area contributed by atoms with Crippen LogP contribution in [0.5, 0.6) is 5.75 Å². The van der Waals surface area contributed by atoms with Crippen LogP contribution in [0.25, 0.3) is 0 Å². The molecule has 0 heterocycles. The number of phenols is 1. The van der Waals surface area contributed by atoms with Gasteiger partial charge < -0.3 is 16.6 Å². The maximum absolute atomic E-state index is 8.93. The molecule has 4 heteroatoms. The average Bonchev–Trinajstić information content (AvgIpc) is 2.04. The summed E-state index contributed by atoms with van der Waals surface area (Å²) in [7, 11) is 0. The Morgan fingerprint density at radius 1 is 1.25 bits per heavy atom. The highest BCUT2D eigenvalue weighted by molar-refractivity contribution is 6.18. The smallest absolute Gasteiger partial charge is 0.115 e. The molecule has 0 aliphatic carbocycles. The van der Waals surface area contributed by atoms with E-state index in [2.05, 4.69) is 5.32 Å². The first kappa shape index (κ1) is 11.1. The van der Waals surface area contributed by atoms with Crippen molar-refractivity contribution in [3.63, 3.8) is 0 Å². The summed E-state index contributed by atoms with van der Waals surface area (Å²) >= 11 is 5.47. The lowest BCUT2D eigenvalue weighted by Crippen LogP contribution is -2.01. The summed E-state index contributed by atoms with van der Waals surface area (Å²) in [5, 5.41) is 12.0. The number of aromatic hydroxyl groups is 1. The zero-order chi connectivity index (χ0) is 8.10. The van der Waals surface area contributed by atoms with Crippen LogP contribution >= 0.6 is 11.6 Å². The van der Waals surface area contributed by atoms with Gasteiger partial charge in [-0.3, -0.25) is 0 Å². The van der Waals surface area contributed by atoms with Crippen LogP contribution in [0.2, 0.25) is 0 Å². The Morgan fingerprint density at radius 2 is 1.83 bits per heavy atom. The number of phenolic OH excluding ortho intramolecular Hbond substituents is 1. The van der Waals surface area contributed by atoms with Gasteiger partial charge in [0.25, 0.3) is 0 Å². The highest BCUT2D eigenvalue weighted by Crippen LogP contribution is 2.12. The van der Waals surface area contributed by atoms with Crippen LogP contribution < -0.4 is 11.5 Å². The van der Waals surface area contributed by atoms with Crippen molar-refractivity contribution in [3.8, 4) is 5.75 Å². The first-order valence-electron chi connectivity index (χ1n) is 3.42. The molecule has 0 atom stereocenters. The van der Waals surface area contributed by atoms with Crippen LogP contribution in [0.4, 0.5) is 5.69 Å². The molecule has 0 bridgehead atoms. The van der Waals surface area contributed by atoms with Crippen LogP contribution in [0.1, 0.15) is 0 Å². The molecular weight excluding hydrogens is 176 g/mol. The van der Waals surface area contributed by atoms with Gasteiger partial charge in [-0.15, -0.1) is 11.6 Å². The molecule has 1 aromatic carbocycles. The van der Waals surface area contributed by atoms with Crippen LogP contribution in [-0.4, -0.2) is 17.5 Å². The number of halogens is 1. The van der Waals surface area contributed by atoms with Gasteiger partial charge in [-0.05, 0) is 24.3 Å². The average molecular weight is 189 g/mol. The molecule has 0 fully saturated rings. The van der Waals surface area contributed by atoms with Gasteiger partial charge in [0.05, 0.1) is 0 Å². The fourth-order valence-electron chi connectivity index (χ4n) is 0.771. The Balaban J connectivity index is 0.00000121. The van der Waals surface area contributed by atoms with Gasteiger partial charge in [-0.1, -0.05) is 0 Å². The lowest BCUT2D eigenvalue weighted by molar-refractivity contribution is 0.475. The third kappa shape index (κ3) is 3.46. The SMILES string of the molecule is N.Oc1ccc(NCCCl)cc1. The molecule has 0 amide bonds. The molecule has 68 valence electrons. The molecule has 0 aliphatic rings. The molecule has 0 saturated carbocycles.